The van der Waals surface area contributed by atoms with Crippen LogP contribution in [0.5, 0.6) is 0 Å². The van der Waals surface area contributed by atoms with E-state index in [0.717, 1.165) is 18.4 Å². The van der Waals surface area contributed by atoms with Gasteiger partial charge in [0, 0.05) is 0 Å². The van der Waals surface area contributed by atoms with E-state index in [1.807, 2.05) is 12.1 Å². The normalized spacial score (nSPS) is 12.6. The lowest BCUT2D eigenvalue weighted by Crippen LogP contribution is -1.97. The zero-order valence-corrected chi connectivity index (χ0v) is 11.3. The van der Waals surface area contributed by atoms with Crippen molar-refractivity contribution in [1.82, 2.24) is 0 Å². The van der Waals surface area contributed by atoms with Crippen molar-refractivity contribution in [2.75, 3.05) is 0 Å². The molecule has 0 amide bonds. The molecule has 96 valence electrons. The monoisotopic (exact) mass is 234 g/mol. The van der Waals surface area contributed by atoms with Gasteiger partial charge in [0.2, 0.25) is 0 Å². The fourth-order valence-corrected chi connectivity index (χ4v) is 2.16. The summed E-state index contributed by atoms with van der Waals surface area (Å²) in [5.74, 6) is 0. The van der Waals surface area contributed by atoms with Gasteiger partial charge in [0.15, 0.2) is 0 Å². The Kier molecular flexibility index (Phi) is 6.95. The topological polar surface area (TPSA) is 20.2 Å². The number of aryl methyl sites for hydroxylation is 1. The van der Waals surface area contributed by atoms with Gasteiger partial charge in [0.25, 0.3) is 0 Å². The molecule has 0 aliphatic rings. The van der Waals surface area contributed by atoms with Crippen molar-refractivity contribution in [2.45, 2.75) is 64.9 Å². The third-order valence-corrected chi connectivity index (χ3v) is 3.26. The van der Waals surface area contributed by atoms with Gasteiger partial charge in [-0.3, -0.25) is 0 Å². The van der Waals surface area contributed by atoms with E-state index in [1.165, 1.54) is 37.7 Å². The van der Waals surface area contributed by atoms with E-state index in [4.69, 9.17) is 0 Å². The number of aliphatic hydroxyl groups is 1. The van der Waals surface area contributed by atoms with Crippen LogP contribution in [0.25, 0.3) is 0 Å². The summed E-state index contributed by atoms with van der Waals surface area (Å²) in [5, 5.41) is 10.0. The summed E-state index contributed by atoms with van der Waals surface area (Å²) in [6, 6.07) is 8.20. The molecular weight excluding hydrogens is 208 g/mol. The molecule has 1 atom stereocenters. The molecule has 1 N–H and O–H groups in total. The molecule has 1 nitrogen and oxygen atoms in total. The summed E-state index contributed by atoms with van der Waals surface area (Å²) < 4.78 is 0. The predicted molar refractivity (Wildman–Crippen MR) is 74.1 cm³/mol. The molecule has 1 heteroatoms. The van der Waals surface area contributed by atoms with Gasteiger partial charge in [-0.2, -0.15) is 0 Å². The second kappa shape index (κ2) is 8.30. The van der Waals surface area contributed by atoms with Gasteiger partial charge >= 0.3 is 0 Å². The molecule has 0 bridgehead atoms. The maximum absolute atomic E-state index is 10.0. The number of unbranched alkanes of at least 4 members (excludes halogenated alkanes) is 5. The first-order chi connectivity index (χ1) is 8.24. The summed E-state index contributed by atoms with van der Waals surface area (Å²) in [7, 11) is 0. The second-order valence-corrected chi connectivity index (χ2v) is 4.99. The molecule has 17 heavy (non-hydrogen) atoms. The SMILES string of the molecule is CCCCCCCCC(O)c1cccc(C)c1. The van der Waals surface area contributed by atoms with Gasteiger partial charge in [0.1, 0.15) is 0 Å². The van der Waals surface area contributed by atoms with E-state index in [9.17, 15) is 5.11 Å². The fourth-order valence-electron chi connectivity index (χ4n) is 2.16. The minimum absolute atomic E-state index is 0.277. The largest absolute Gasteiger partial charge is 0.388 e. The van der Waals surface area contributed by atoms with Crippen LogP contribution >= 0.6 is 0 Å². The zero-order valence-electron chi connectivity index (χ0n) is 11.3. The summed E-state index contributed by atoms with van der Waals surface area (Å²) in [6.45, 7) is 4.31. The highest BCUT2D eigenvalue weighted by Crippen LogP contribution is 2.20. The van der Waals surface area contributed by atoms with E-state index < -0.39 is 0 Å². The van der Waals surface area contributed by atoms with Crippen LogP contribution in [-0.2, 0) is 0 Å². The van der Waals surface area contributed by atoms with Crippen molar-refractivity contribution in [1.29, 1.82) is 0 Å². The van der Waals surface area contributed by atoms with Crippen LogP contribution < -0.4 is 0 Å². The van der Waals surface area contributed by atoms with Gasteiger partial charge in [0.05, 0.1) is 6.10 Å². The Morgan fingerprint density at radius 3 is 2.47 bits per heavy atom. The van der Waals surface area contributed by atoms with E-state index in [-0.39, 0.29) is 6.10 Å². The summed E-state index contributed by atoms with van der Waals surface area (Å²) in [4.78, 5) is 0. The van der Waals surface area contributed by atoms with Crippen molar-refractivity contribution >= 4 is 0 Å². The molecule has 0 aromatic heterocycles. The predicted octanol–water partition coefficient (Wildman–Crippen LogP) is 4.78. The van der Waals surface area contributed by atoms with Crippen LogP contribution in [0.3, 0.4) is 0 Å². The number of benzene rings is 1. The molecule has 0 radical (unpaired) electrons. The number of aliphatic hydroxyl groups excluding tert-OH is 1. The Morgan fingerprint density at radius 2 is 1.76 bits per heavy atom. The van der Waals surface area contributed by atoms with Crippen molar-refractivity contribution in [3.8, 4) is 0 Å². The quantitative estimate of drug-likeness (QED) is 0.642. The maximum Gasteiger partial charge on any atom is 0.0790 e. The Morgan fingerprint density at radius 1 is 1.06 bits per heavy atom. The Bertz CT molecular complexity index is 306. The Hall–Kier alpha value is -0.820. The summed E-state index contributed by atoms with van der Waals surface area (Å²) in [5.41, 5.74) is 2.29. The summed E-state index contributed by atoms with van der Waals surface area (Å²) in [6.07, 6.45) is 8.32. The summed E-state index contributed by atoms with van der Waals surface area (Å²) >= 11 is 0. The van der Waals surface area contributed by atoms with E-state index in [2.05, 4.69) is 26.0 Å². The average molecular weight is 234 g/mol. The molecule has 0 aliphatic carbocycles. The van der Waals surface area contributed by atoms with Gasteiger partial charge < -0.3 is 5.11 Å². The molecule has 0 saturated carbocycles. The second-order valence-electron chi connectivity index (χ2n) is 4.99. The smallest absolute Gasteiger partial charge is 0.0790 e. The first kappa shape index (κ1) is 14.2. The van der Waals surface area contributed by atoms with Crippen LogP contribution in [0.2, 0.25) is 0 Å². The average Bonchev–Trinajstić information content (AvgIpc) is 2.33. The molecule has 1 rings (SSSR count). The number of hydrogen-bond acceptors (Lipinski definition) is 1. The van der Waals surface area contributed by atoms with Gasteiger partial charge in [-0.05, 0) is 18.9 Å². The lowest BCUT2D eigenvalue weighted by atomic mass is 10.0. The molecule has 0 heterocycles. The first-order valence-electron chi connectivity index (χ1n) is 6.98. The van der Waals surface area contributed by atoms with Crippen molar-refractivity contribution in [3.63, 3.8) is 0 Å². The van der Waals surface area contributed by atoms with Crippen LogP contribution in [0.15, 0.2) is 24.3 Å². The van der Waals surface area contributed by atoms with Gasteiger partial charge in [-0.1, -0.05) is 75.3 Å². The third kappa shape index (κ3) is 5.88. The minimum atomic E-state index is -0.277. The molecule has 0 fully saturated rings. The minimum Gasteiger partial charge on any atom is -0.388 e. The molecule has 0 saturated heterocycles. The van der Waals surface area contributed by atoms with Crippen LogP contribution in [-0.4, -0.2) is 5.11 Å². The van der Waals surface area contributed by atoms with Crippen molar-refractivity contribution in [2.24, 2.45) is 0 Å². The maximum atomic E-state index is 10.0. The number of rotatable bonds is 8. The molecule has 1 unspecified atom stereocenters. The van der Waals surface area contributed by atoms with E-state index in [0.29, 0.717) is 0 Å². The molecule has 1 aromatic rings. The lowest BCUT2D eigenvalue weighted by Gasteiger charge is -2.11. The van der Waals surface area contributed by atoms with E-state index in [1.54, 1.807) is 0 Å². The molecule has 0 spiro atoms. The highest BCUT2D eigenvalue weighted by molar-refractivity contribution is 5.23. The molecule has 1 aromatic carbocycles. The zero-order chi connectivity index (χ0) is 12.5. The van der Waals surface area contributed by atoms with Gasteiger partial charge in [-0.25, -0.2) is 0 Å². The Balaban J connectivity index is 2.19. The first-order valence-corrected chi connectivity index (χ1v) is 6.98. The highest BCUT2D eigenvalue weighted by atomic mass is 16.3. The fraction of sp³-hybridized carbons (Fsp3) is 0.625. The Labute approximate surface area is 106 Å². The third-order valence-electron chi connectivity index (χ3n) is 3.26. The van der Waals surface area contributed by atoms with Crippen molar-refractivity contribution < 1.29 is 5.11 Å². The molecular formula is C16H26O. The standard InChI is InChI=1S/C16H26O/c1-3-4-5-6-7-8-12-16(17)15-11-9-10-14(2)13-15/h9-11,13,16-17H,3-8,12H2,1-2H3. The number of hydrogen-bond donors (Lipinski definition) is 1. The van der Waals surface area contributed by atoms with Crippen LogP contribution in [0, 0.1) is 6.92 Å². The van der Waals surface area contributed by atoms with Crippen LogP contribution in [0.1, 0.15) is 69.1 Å². The van der Waals surface area contributed by atoms with Gasteiger partial charge in [-0.15, -0.1) is 0 Å². The molecule has 0 aliphatic heterocycles. The highest BCUT2D eigenvalue weighted by Gasteiger charge is 2.06. The van der Waals surface area contributed by atoms with Crippen LogP contribution in [0.4, 0.5) is 0 Å². The van der Waals surface area contributed by atoms with E-state index >= 15 is 0 Å². The van der Waals surface area contributed by atoms with Crippen molar-refractivity contribution in [3.05, 3.63) is 35.4 Å². The lowest BCUT2D eigenvalue weighted by molar-refractivity contribution is 0.163.